The average molecular weight is 489 g/mol. The summed E-state index contributed by atoms with van der Waals surface area (Å²) >= 11 is 0. The van der Waals surface area contributed by atoms with Gasteiger partial charge in [0.25, 0.3) is 0 Å². The maximum Gasteiger partial charge on any atom is 0.248 e. The van der Waals surface area contributed by atoms with Crippen molar-refractivity contribution in [3.05, 3.63) is 84.1 Å². The van der Waals surface area contributed by atoms with Crippen LogP contribution in [-0.4, -0.2) is 35.9 Å². The van der Waals surface area contributed by atoms with Crippen LogP contribution in [0, 0.1) is 6.92 Å². The topological polar surface area (TPSA) is 101 Å². The standard InChI is InChI=1S/C28H32N4O4/c1-19(2)30-28(35)27(21-10-14-23(36-4)15-11-21)32(22-12-8-20(3)9-13-22)26(34)17-16-25(33)31-24-7-5-6-18-29-24/h5-15,18-19,27H,16-17H2,1-4H3,(H,30,35)(H,29,31,33). The second-order valence-corrected chi connectivity index (χ2v) is 8.70. The molecule has 1 heterocycles. The molecule has 0 saturated carbocycles. The van der Waals surface area contributed by atoms with Crippen molar-refractivity contribution in [2.75, 3.05) is 17.3 Å². The lowest BCUT2D eigenvalue weighted by atomic mass is 10.0. The van der Waals surface area contributed by atoms with E-state index in [1.165, 1.54) is 4.90 Å². The Morgan fingerprint density at radius 3 is 2.22 bits per heavy atom. The minimum absolute atomic E-state index is 0.0566. The van der Waals surface area contributed by atoms with Gasteiger partial charge in [0.15, 0.2) is 0 Å². The third-order valence-corrected chi connectivity index (χ3v) is 5.45. The summed E-state index contributed by atoms with van der Waals surface area (Å²) in [7, 11) is 1.57. The molecule has 2 aromatic carbocycles. The van der Waals surface area contributed by atoms with E-state index in [4.69, 9.17) is 4.74 Å². The lowest BCUT2D eigenvalue weighted by Crippen LogP contribution is -2.46. The lowest BCUT2D eigenvalue weighted by Gasteiger charge is -2.32. The molecular weight excluding hydrogens is 456 g/mol. The molecule has 0 aliphatic heterocycles. The maximum atomic E-state index is 13.6. The summed E-state index contributed by atoms with van der Waals surface area (Å²) in [6.45, 7) is 5.68. The van der Waals surface area contributed by atoms with Gasteiger partial charge in [-0.3, -0.25) is 19.3 Å². The molecule has 3 aromatic rings. The van der Waals surface area contributed by atoms with Crippen molar-refractivity contribution in [1.29, 1.82) is 0 Å². The van der Waals surface area contributed by atoms with E-state index >= 15 is 0 Å². The molecule has 1 aromatic heterocycles. The van der Waals surface area contributed by atoms with Gasteiger partial charge in [-0.2, -0.15) is 0 Å². The van der Waals surface area contributed by atoms with Gasteiger partial charge in [0.05, 0.1) is 7.11 Å². The Kier molecular flexibility index (Phi) is 9.16. The highest BCUT2D eigenvalue weighted by Gasteiger charge is 2.33. The van der Waals surface area contributed by atoms with Crippen LogP contribution in [0.2, 0.25) is 0 Å². The highest BCUT2D eigenvalue weighted by Crippen LogP contribution is 2.30. The van der Waals surface area contributed by atoms with Crippen molar-refractivity contribution < 1.29 is 19.1 Å². The molecule has 0 bridgehead atoms. The van der Waals surface area contributed by atoms with E-state index in [0.29, 0.717) is 22.8 Å². The van der Waals surface area contributed by atoms with Gasteiger partial charge in [-0.1, -0.05) is 35.9 Å². The SMILES string of the molecule is COc1ccc(C(C(=O)NC(C)C)N(C(=O)CCC(=O)Nc2ccccn2)c2ccc(C)cc2)cc1. The Morgan fingerprint density at radius 2 is 1.64 bits per heavy atom. The molecular formula is C28H32N4O4. The predicted molar refractivity (Wildman–Crippen MR) is 140 cm³/mol. The van der Waals surface area contributed by atoms with Crippen LogP contribution >= 0.6 is 0 Å². The molecule has 0 fully saturated rings. The van der Waals surface area contributed by atoms with Gasteiger partial charge < -0.3 is 15.4 Å². The second-order valence-electron chi connectivity index (χ2n) is 8.70. The summed E-state index contributed by atoms with van der Waals surface area (Å²) in [5, 5.41) is 5.62. The molecule has 1 unspecified atom stereocenters. The summed E-state index contributed by atoms with van der Waals surface area (Å²) in [5.41, 5.74) is 2.21. The average Bonchev–Trinajstić information content (AvgIpc) is 2.87. The molecule has 0 aliphatic carbocycles. The number of methoxy groups -OCH3 is 1. The number of carbonyl (C=O) groups excluding carboxylic acids is 3. The number of aromatic nitrogens is 1. The Balaban J connectivity index is 1.93. The van der Waals surface area contributed by atoms with E-state index in [1.807, 2.05) is 32.9 Å². The van der Waals surface area contributed by atoms with Crippen molar-refractivity contribution in [3.8, 4) is 5.75 Å². The molecule has 0 saturated heterocycles. The van der Waals surface area contributed by atoms with Crippen LogP contribution < -0.4 is 20.3 Å². The fourth-order valence-electron chi connectivity index (χ4n) is 3.69. The first-order valence-corrected chi connectivity index (χ1v) is 11.8. The first-order chi connectivity index (χ1) is 17.3. The maximum absolute atomic E-state index is 13.6. The molecule has 2 N–H and O–H groups in total. The molecule has 8 heteroatoms. The van der Waals surface area contributed by atoms with Gasteiger partial charge in [0.1, 0.15) is 17.6 Å². The number of nitrogens with one attached hydrogen (secondary N) is 2. The summed E-state index contributed by atoms with van der Waals surface area (Å²) in [4.78, 5) is 45.1. The number of hydrogen-bond donors (Lipinski definition) is 2. The molecule has 1 atom stereocenters. The van der Waals surface area contributed by atoms with E-state index < -0.39 is 6.04 Å². The second kappa shape index (κ2) is 12.5. The first-order valence-electron chi connectivity index (χ1n) is 11.8. The Hall–Kier alpha value is -4.20. The number of carbonyl (C=O) groups is 3. The van der Waals surface area contributed by atoms with Crippen molar-refractivity contribution in [1.82, 2.24) is 10.3 Å². The number of nitrogens with zero attached hydrogens (tertiary/aromatic N) is 2. The number of ether oxygens (including phenoxy) is 1. The third-order valence-electron chi connectivity index (χ3n) is 5.45. The van der Waals surface area contributed by atoms with Crippen LogP contribution in [0.4, 0.5) is 11.5 Å². The largest absolute Gasteiger partial charge is 0.497 e. The fraction of sp³-hybridized carbons (Fsp3) is 0.286. The number of rotatable bonds is 10. The van der Waals surface area contributed by atoms with E-state index in [-0.39, 0.29) is 36.6 Å². The smallest absolute Gasteiger partial charge is 0.248 e. The summed E-state index contributed by atoms with van der Waals surface area (Å²) in [6.07, 6.45) is 1.43. The molecule has 8 nitrogen and oxygen atoms in total. The first kappa shape index (κ1) is 26.4. The Morgan fingerprint density at radius 1 is 0.944 bits per heavy atom. The van der Waals surface area contributed by atoms with Gasteiger partial charge in [-0.25, -0.2) is 4.98 Å². The molecule has 0 radical (unpaired) electrons. The quantitative estimate of drug-likeness (QED) is 0.440. The molecule has 0 aliphatic rings. The Bertz CT molecular complexity index is 1160. The zero-order valence-electron chi connectivity index (χ0n) is 21.0. The lowest BCUT2D eigenvalue weighted by molar-refractivity contribution is -0.127. The van der Waals surface area contributed by atoms with E-state index in [9.17, 15) is 14.4 Å². The van der Waals surface area contributed by atoms with Crippen LogP contribution in [0.25, 0.3) is 0 Å². The van der Waals surface area contributed by atoms with Gasteiger partial charge in [-0.15, -0.1) is 0 Å². The number of aryl methyl sites for hydroxylation is 1. The minimum atomic E-state index is -0.938. The number of anilines is 2. The van der Waals surface area contributed by atoms with Crippen LogP contribution in [0.15, 0.2) is 72.9 Å². The van der Waals surface area contributed by atoms with Gasteiger partial charge in [0.2, 0.25) is 17.7 Å². The van der Waals surface area contributed by atoms with E-state index in [2.05, 4.69) is 15.6 Å². The highest BCUT2D eigenvalue weighted by molar-refractivity contribution is 6.03. The van der Waals surface area contributed by atoms with Crippen LogP contribution in [0.3, 0.4) is 0 Å². The van der Waals surface area contributed by atoms with Crippen LogP contribution in [0.1, 0.15) is 43.9 Å². The van der Waals surface area contributed by atoms with Crippen molar-refractivity contribution in [2.45, 2.75) is 45.7 Å². The number of hydrogen-bond acceptors (Lipinski definition) is 5. The molecule has 3 rings (SSSR count). The molecule has 3 amide bonds. The van der Waals surface area contributed by atoms with Crippen molar-refractivity contribution in [2.24, 2.45) is 0 Å². The van der Waals surface area contributed by atoms with Crippen LogP contribution in [-0.2, 0) is 14.4 Å². The molecule has 36 heavy (non-hydrogen) atoms. The summed E-state index contributed by atoms with van der Waals surface area (Å²) in [5.74, 6) is 0.0502. The zero-order valence-corrected chi connectivity index (χ0v) is 21.0. The van der Waals surface area contributed by atoms with Gasteiger partial charge >= 0.3 is 0 Å². The molecule has 0 spiro atoms. The number of amides is 3. The number of pyridine rings is 1. The van der Waals surface area contributed by atoms with Crippen molar-refractivity contribution >= 4 is 29.2 Å². The minimum Gasteiger partial charge on any atom is -0.497 e. The summed E-state index contributed by atoms with van der Waals surface area (Å²) < 4.78 is 5.26. The third kappa shape index (κ3) is 7.15. The van der Waals surface area contributed by atoms with E-state index in [1.54, 1.807) is 67.9 Å². The van der Waals surface area contributed by atoms with Crippen LogP contribution in [0.5, 0.6) is 5.75 Å². The molecule has 188 valence electrons. The summed E-state index contributed by atoms with van der Waals surface area (Å²) in [6, 6.07) is 18.5. The highest BCUT2D eigenvalue weighted by atomic mass is 16.5. The van der Waals surface area contributed by atoms with Crippen molar-refractivity contribution in [3.63, 3.8) is 0 Å². The normalized spacial score (nSPS) is 11.5. The number of benzene rings is 2. The van der Waals surface area contributed by atoms with E-state index in [0.717, 1.165) is 5.56 Å². The fourth-order valence-corrected chi connectivity index (χ4v) is 3.69. The Labute approximate surface area is 211 Å². The monoisotopic (exact) mass is 488 g/mol. The zero-order chi connectivity index (χ0) is 26.1. The van der Waals surface area contributed by atoms with Gasteiger partial charge in [0, 0.05) is 30.8 Å². The van der Waals surface area contributed by atoms with Gasteiger partial charge in [-0.05, 0) is 62.7 Å². The predicted octanol–water partition coefficient (Wildman–Crippen LogP) is 4.42.